The average molecular weight is 529 g/mol. The maximum Gasteiger partial charge on any atom is 0.164 e. The predicted octanol–water partition coefficient (Wildman–Crippen LogP) is 4.89. The third-order valence-corrected chi connectivity index (χ3v) is 8.42. The Morgan fingerprint density at radius 1 is 0.537 bits per heavy atom. The summed E-state index contributed by atoms with van der Waals surface area (Å²) in [6.07, 6.45) is -0.274. The minimum absolute atomic E-state index is 0.274. The van der Waals surface area contributed by atoms with Crippen LogP contribution in [0.2, 0.25) is 0 Å². The van der Waals surface area contributed by atoms with Crippen molar-refractivity contribution in [2.45, 2.75) is 12.8 Å². The second-order valence-electron chi connectivity index (χ2n) is 10.6. The van der Waals surface area contributed by atoms with Crippen LogP contribution in [0.25, 0.3) is 21.5 Å². The second kappa shape index (κ2) is 7.51. The van der Waals surface area contributed by atoms with E-state index in [0.717, 1.165) is 72.2 Å². The van der Waals surface area contributed by atoms with E-state index in [1.54, 1.807) is 0 Å². The van der Waals surface area contributed by atoms with Crippen molar-refractivity contribution in [2.75, 3.05) is 0 Å². The van der Waals surface area contributed by atoms with Crippen LogP contribution >= 0.6 is 0 Å². The van der Waals surface area contributed by atoms with Gasteiger partial charge < -0.3 is 5.32 Å². The summed E-state index contributed by atoms with van der Waals surface area (Å²) < 4.78 is 4.38. The number of aliphatic imine (C=N–C) groups is 3. The highest BCUT2D eigenvalue weighted by Gasteiger charge is 2.31. The first-order valence-corrected chi connectivity index (χ1v) is 13.7. The number of hydrogen-bond acceptors (Lipinski definition) is 6. The predicted molar refractivity (Wildman–Crippen MR) is 159 cm³/mol. The van der Waals surface area contributed by atoms with E-state index in [4.69, 9.17) is 25.0 Å². The fraction of sp³-hybridized carbons (Fsp3) is 0.0606. The molecule has 192 valence electrons. The molecule has 1 atom stereocenters. The van der Waals surface area contributed by atoms with Gasteiger partial charge in [0.15, 0.2) is 11.7 Å². The summed E-state index contributed by atoms with van der Waals surface area (Å²) >= 11 is 0. The highest BCUT2D eigenvalue weighted by Crippen LogP contribution is 2.40. The summed E-state index contributed by atoms with van der Waals surface area (Å²) in [5.74, 6) is 3.79. The zero-order chi connectivity index (χ0) is 26.7. The summed E-state index contributed by atoms with van der Waals surface area (Å²) in [4.78, 5) is 26.1. The third kappa shape index (κ3) is 2.75. The Morgan fingerprint density at radius 2 is 1.12 bits per heavy atom. The van der Waals surface area contributed by atoms with Gasteiger partial charge in [-0.05, 0) is 0 Å². The van der Waals surface area contributed by atoms with Crippen molar-refractivity contribution in [3.05, 3.63) is 130 Å². The van der Waals surface area contributed by atoms with Crippen LogP contribution in [-0.2, 0) is 6.67 Å². The number of amidine groups is 3. The summed E-state index contributed by atoms with van der Waals surface area (Å²) in [5.41, 5.74) is 5.80. The summed E-state index contributed by atoms with van der Waals surface area (Å²) in [6.45, 7) is 0.450. The van der Waals surface area contributed by atoms with Gasteiger partial charge in [-0.15, -0.1) is 0 Å². The number of benzene rings is 4. The largest absolute Gasteiger partial charge is 0.344 e. The number of nitrogens with zero attached hydrogens (tertiary/aromatic N) is 7. The van der Waals surface area contributed by atoms with Gasteiger partial charge in [-0.25, -0.2) is 25.0 Å². The molecule has 0 aliphatic carbocycles. The Kier molecular flexibility index (Phi) is 3.89. The standard InChI is InChI=1S/C33H20N8/c1-2-10-19-18(9-1)26-34-27(19)37-31-24-15-7-8-16-25(24)33-39-29-21-12-4-3-11-20(21)28(35-29)38-32-23-14-6-5-13-22(23)30(36-26)40(32)17-41(31)33/h1-16,26H,17H2,(H,34,37). The van der Waals surface area contributed by atoms with Gasteiger partial charge in [0.25, 0.3) is 0 Å². The topological polar surface area (TPSA) is 83.7 Å². The molecule has 10 rings (SSSR count). The van der Waals surface area contributed by atoms with Gasteiger partial charge in [0.05, 0.1) is 0 Å². The molecule has 0 amide bonds. The minimum Gasteiger partial charge on any atom is -0.344 e. The molecule has 41 heavy (non-hydrogen) atoms. The van der Waals surface area contributed by atoms with E-state index in [1.807, 2.05) is 12.1 Å². The zero-order valence-electron chi connectivity index (χ0n) is 21.7. The lowest BCUT2D eigenvalue weighted by atomic mass is 10.1. The van der Waals surface area contributed by atoms with Crippen LogP contribution in [0, 0.1) is 0 Å². The van der Waals surface area contributed by atoms with Crippen molar-refractivity contribution in [3.8, 4) is 0 Å². The average Bonchev–Trinajstić information content (AvgIpc) is 3.72. The number of fused-ring (bicyclic) bond motifs is 15. The number of rotatable bonds is 0. The van der Waals surface area contributed by atoms with Crippen LogP contribution in [-0.4, -0.2) is 26.6 Å². The Morgan fingerprint density at radius 3 is 1.88 bits per heavy atom. The molecule has 6 bridgehead atoms. The number of nitrogens with one attached hydrogen (secondary N) is 1. The molecule has 6 aromatic rings. The smallest absolute Gasteiger partial charge is 0.164 e. The Balaban J connectivity index is 1.47. The molecule has 2 aromatic heterocycles. The molecule has 4 aliphatic heterocycles. The lowest BCUT2D eigenvalue weighted by molar-refractivity contribution is 0.561. The van der Waals surface area contributed by atoms with E-state index in [2.05, 4.69) is 99.4 Å². The second-order valence-corrected chi connectivity index (χ2v) is 10.6. The Bertz CT molecular complexity index is 2380. The summed E-state index contributed by atoms with van der Waals surface area (Å²) in [6, 6.07) is 33.3. The molecule has 4 aliphatic rings. The summed E-state index contributed by atoms with van der Waals surface area (Å²) in [5, 5.41) is 7.76. The minimum atomic E-state index is -0.274. The van der Waals surface area contributed by atoms with Gasteiger partial charge >= 0.3 is 0 Å². The molecule has 0 saturated carbocycles. The lowest BCUT2D eigenvalue weighted by Gasteiger charge is -2.15. The molecule has 0 fully saturated rings. The molecule has 8 heteroatoms. The molecular weight excluding hydrogens is 508 g/mol. The van der Waals surface area contributed by atoms with Crippen LogP contribution in [0.1, 0.15) is 28.4 Å². The van der Waals surface area contributed by atoms with Crippen LogP contribution < -0.4 is 16.3 Å². The highest BCUT2D eigenvalue weighted by molar-refractivity contribution is 6.23. The normalized spacial score (nSPS) is 17.5. The van der Waals surface area contributed by atoms with E-state index in [9.17, 15) is 0 Å². The van der Waals surface area contributed by atoms with Gasteiger partial charge in [-0.3, -0.25) is 9.13 Å². The van der Waals surface area contributed by atoms with Gasteiger partial charge in [0, 0.05) is 43.8 Å². The zero-order valence-corrected chi connectivity index (χ0v) is 21.7. The first-order valence-electron chi connectivity index (χ1n) is 13.7. The number of hydrogen-bond donors (Lipinski definition) is 1. The van der Waals surface area contributed by atoms with Crippen LogP contribution in [0.4, 0.5) is 11.6 Å². The molecule has 1 unspecified atom stereocenters. The van der Waals surface area contributed by atoms with E-state index in [-0.39, 0.29) is 6.17 Å². The fourth-order valence-electron chi connectivity index (χ4n) is 6.56. The maximum atomic E-state index is 5.36. The molecule has 8 nitrogen and oxygen atoms in total. The molecular formula is C33H20N8. The highest BCUT2D eigenvalue weighted by atomic mass is 15.3. The van der Waals surface area contributed by atoms with E-state index < -0.39 is 0 Å². The number of aromatic nitrogens is 2. The van der Waals surface area contributed by atoms with Crippen molar-refractivity contribution in [1.29, 1.82) is 0 Å². The molecule has 6 heterocycles. The monoisotopic (exact) mass is 528 g/mol. The summed E-state index contributed by atoms with van der Waals surface area (Å²) in [7, 11) is 0. The van der Waals surface area contributed by atoms with Gasteiger partial charge in [-0.1, -0.05) is 97.1 Å². The van der Waals surface area contributed by atoms with Crippen molar-refractivity contribution in [1.82, 2.24) is 14.5 Å². The van der Waals surface area contributed by atoms with E-state index >= 15 is 0 Å². The van der Waals surface area contributed by atoms with Crippen molar-refractivity contribution >= 4 is 50.7 Å². The first-order chi connectivity index (χ1) is 20.3. The van der Waals surface area contributed by atoms with Gasteiger partial charge in [0.1, 0.15) is 41.3 Å². The van der Waals surface area contributed by atoms with Crippen LogP contribution in [0.5, 0.6) is 0 Å². The first kappa shape index (κ1) is 21.2. The molecule has 4 aromatic carbocycles. The molecule has 1 N–H and O–H groups in total. The quantitative estimate of drug-likeness (QED) is 0.299. The Labute approximate surface area is 233 Å². The molecule has 0 saturated heterocycles. The van der Waals surface area contributed by atoms with Gasteiger partial charge in [-0.2, -0.15) is 0 Å². The van der Waals surface area contributed by atoms with Crippen molar-refractivity contribution in [3.63, 3.8) is 0 Å². The molecule has 0 spiro atoms. The van der Waals surface area contributed by atoms with Gasteiger partial charge in [0.2, 0.25) is 0 Å². The van der Waals surface area contributed by atoms with Crippen molar-refractivity contribution in [2.24, 2.45) is 25.0 Å². The Hall–Kier alpha value is -5.63. The van der Waals surface area contributed by atoms with Crippen molar-refractivity contribution < 1.29 is 0 Å². The van der Waals surface area contributed by atoms with Crippen LogP contribution in [0.3, 0.4) is 0 Å². The van der Waals surface area contributed by atoms with Crippen LogP contribution in [0.15, 0.2) is 122 Å². The van der Waals surface area contributed by atoms with E-state index in [0.29, 0.717) is 18.3 Å². The SMILES string of the molecule is c1ccc2c(c1)C1=NC2=Nc2c3ccccc3c3n2Cn2c(c4ccccc4c2=NC2NC(=N3)c3ccccc32)=N1. The fourth-order valence-corrected chi connectivity index (χ4v) is 6.56. The maximum absolute atomic E-state index is 5.36. The molecule has 0 radical (unpaired) electrons. The third-order valence-electron chi connectivity index (χ3n) is 8.42. The lowest BCUT2D eigenvalue weighted by Crippen LogP contribution is -2.33. The van der Waals surface area contributed by atoms with E-state index in [1.165, 1.54) is 0 Å².